The van der Waals surface area contributed by atoms with Crippen molar-refractivity contribution in [3.8, 4) is 16.9 Å². The number of pyridine rings is 1. The number of amides is 3. The summed E-state index contributed by atoms with van der Waals surface area (Å²) in [6, 6.07) is 39.0. The molecule has 2 heterocycles. The molecule has 326 valence electrons. The molecule has 12 heteroatoms. The van der Waals surface area contributed by atoms with Crippen LogP contribution in [0.1, 0.15) is 61.8 Å². The maximum atomic E-state index is 13.3. The first-order valence-corrected chi connectivity index (χ1v) is 21.6. The number of aromatic nitrogens is 1. The van der Waals surface area contributed by atoms with E-state index < -0.39 is 12.2 Å². The monoisotopic (exact) mass is 849 g/mol. The number of likely N-dealkylation sites (tertiary alicyclic amines) is 1. The number of aliphatic hydroxyl groups is 1. The molecule has 5 aromatic carbocycles. The van der Waals surface area contributed by atoms with Crippen LogP contribution in [0.2, 0.25) is 0 Å². The average Bonchev–Trinajstić information content (AvgIpc) is 3.29. The third kappa shape index (κ3) is 12.0. The van der Waals surface area contributed by atoms with Crippen molar-refractivity contribution in [1.82, 2.24) is 9.88 Å². The van der Waals surface area contributed by atoms with Gasteiger partial charge in [0.05, 0.1) is 23.7 Å². The van der Waals surface area contributed by atoms with E-state index in [1.54, 1.807) is 36.2 Å². The second-order valence-electron chi connectivity index (χ2n) is 16.5. The molecule has 6 aromatic rings. The topological polar surface area (TPSA) is 164 Å². The van der Waals surface area contributed by atoms with Gasteiger partial charge in [-0.15, -0.1) is 0 Å². The summed E-state index contributed by atoms with van der Waals surface area (Å²) >= 11 is 0. The van der Waals surface area contributed by atoms with Crippen molar-refractivity contribution in [2.45, 2.75) is 64.1 Å². The molecule has 1 unspecified atom stereocenters. The third-order valence-electron chi connectivity index (χ3n) is 11.8. The molecule has 0 saturated carbocycles. The Hall–Kier alpha value is -6.76. The van der Waals surface area contributed by atoms with Crippen LogP contribution in [0, 0.1) is 5.92 Å². The zero-order valence-electron chi connectivity index (χ0n) is 35.8. The summed E-state index contributed by atoms with van der Waals surface area (Å²) in [5, 5.41) is 27.7. The molecule has 12 nitrogen and oxygen atoms in total. The Kier molecular flexibility index (Phi) is 14.7. The number of hydrogen-bond acceptors (Lipinski definition) is 8. The largest absolute Gasteiger partial charge is 0.506 e. The van der Waals surface area contributed by atoms with Gasteiger partial charge in [-0.3, -0.25) is 19.7 Å². The lowest BCUT2D eigenvalue weighted by molar-refractivity contribution is -0.118. The summed E-state index contributed by atoms with van der Waals surface area (Å²) in [6.45, 7) is 4.17. The van der Waals surface area contributed by atoms with Crippen LogP contribution in [0.4, 0.5) is 21.9 Å². The molecular weight excluding hydrogens is 795 g/mol. The number of phenolic OH excluding ortho intramolecular Hbond substituents is 1. The van der Waals surface area contributed by atoms with Crippen LogP contribution < -0.4 is 21.1 Å². The smallest absolute Gasteiger partial charge is 0.411 e. The highest BCUT2D eigenvalue weighted by Gasteiger charge is 2.24. The first kappa shape index (κ1) is 44.3. The van der Waals surface area contributed by atoms with E-state index in [0.717, 1.165) is 48.2 Å². The van der Waals surface area contributed by atoms with Gasteiger partial charge in [-0.25, -0.2) is 4.79 Å². The van der Waals surface area contributed by atoms with Gasteiger partial charge in [-0.2, -0.15) is 0 Å². The average molecular weight is 850 g/mol. The summed E-state index contributed by atoms with van der Waals surface area (Å²) < 4.78 is 5.78. The van der Waals surface area contributed by atoms with Gasteiger partial charge >= 0.3 is 6.09 Å². The molecule has 0 bridgehead atoms. The number of H-pyrrole nitrogens is 1. The van der Waals surface area contributed by atoms with Crippen molar-refractivity contribution in [3.05, 3.63) is 154 Å². The molecule has 63 heavy (non-hydrogen) atoms. The fourth-order valence-electron chi connectivity index (χ4n) is 8.20. The van der Waals surface area contributed by atoms with Crippen molar-refractivity contribution >= 4 is 45.9 Å². The summed E-state index contributed by atoms with van der Waals surface area (Å²) in [5.74, 6) is 0.0468. The summed E-state index contributed by atoms with van der Waals surface area (Å²) in [4.78, 5) is 57.4. The number of aliphatic hydroxyl groups excluding tert-OH is 1. The first-order chi connectivity index (χ1) is 30.5. The van der Waals surface area contributed by atoms with Gasteiger partial charge in [0.25, 0.3) is 0 Å². The number of anilines is 3. The Morgan fingerprint density at radius 1 is 0.841 bits per heavy atom. The standard InChI is InChI=1S/C51H55N5O7/c1-34(15-22-45(57)42-20-23-46(58)50-43(42)21-24-47(59)54-50)31-35-16-18-36(19-17-35)32-48(60)52-38-11-8-12-39(33-38)55(2)49(61)27-30-56-28-25-40(26-29-56)63-51(62)53-44-14-7-6-13-41(44)37-9-4-3-5-10-37/h3-14,16-21,23-24,33-34,40,45,57-58H,15,22,25-32H2,1-2H3,(H,52,60)(H,53,62)(H,54,59)/t34?,45-/m0/s1. The predicted octanol–water partition coefficient (Wildman–Crippen LogP) is 8.84. The number of phenols is 1. The van der Waals surface area contributed by atoms with Gasteiger partial charge in [-0.1, -0.05) is 91.9 Å². The van der Waals surface area contributed by atoms with Crippen LogP contribution in [0.15, 0.2) is 132 Å². The number of para-hydroxylation sites is 1. The third-order valence-corrected chi connectivity index (χ3v) is 11.8. The number of piperidine rings is 1. The zero-order chi connectivity index (χ0) is 44.3. The zero-order valence-corrected chi connectivity index (χ0v) is 35.8. The summed E-state index contributed by atoms with van der Waals surface area (Å²) in [5.41, 5.74) is 6.61. The summed E-state index contributed by atoms with van der Waals surface area (Å²) in [6.07, 6.45) is 2.56. The Bertz CT molecular complexity index is 2570. The second kappa shape index (κ2) is 20.9. The molecule has 1 fully saturated rings. The lowest BCUT2D eigenvalue weighted by atomic mass is 9.92. The van der Waals surface area contributed by atoms with Crippen LogP contribution in [0.5, 0.6) is 5.75 Å². The molecule has 5 N–H and O–H groups in total. The minimum atomic E-state index is -0.746. The highest BCUT2D eigenvalue weighted by molar-refractivity contribution is 5.96. The van der Waals surface area contributed by atoms with Crippen LogP contribution in [-0.4, -0.2) is 70.8 Å². The van der Waals surface area contributed by atoms with Gasteiger partial charge in [0.15, 0.2) is 0 Å². The van der Waals surface area contributed by atoms with Crippen molar-refractivity contribution in [2.24, 2.45) is 5.92 Å². The number of aromatic amines is 1. The molecule has 2 atom stereocenters. The number of nitrogens with zero attached hydrogens (tertiary/aromatic N) is 2. The van der Waals surface area contributed by atoms with Gasteiger partial charge in [0.1, 0.15) is 11.9 Å². The number of carbonyl (C=O) groups is 3. The Balaban J connectivity index is 0.809. The molecule has 0 aliphatic carbocycles. The van der Waals surface area contributed by atoms with Gasteiger partial charge in [0.2, 0.25) is 17.4 Å². The number of rotatable bonds is 16. The molecule has 0 spiro atoms. The number of fused-ring (bicyclic) bond motifs is 1. The molecule has 1 aliphatic rings. The quantitative estimate of drug-likeness (QED) is 0.0645. The molecule has 1 saturated heterocycles. The van der Waals surface area contributed by atoms with E-state index in [-0.39, 0.29) is 41.6 Å². The SMILES string of the molecule is CC(CC[C@H](O)c1ccc(O)c2[nH]c(=O)ccc12)Cc1ccc(CC(=O)Nc2cccc(N(C)C(=O)CCN3CCC(OC(=O)Nc4ccccc4-c4ccccc4)CC3)c2)cc1. The van der Waals surface area contributed by atoms with Crippen LogP contribution in [0.25, 0.3) is 22.0 Å². The molecule has 3 amide bonds. The second-order valence-corrected chi connectivity index (χ2v) is 16.5. The van der Waals surface area contributed by atoms with E-state index >= 15 is 0 Å². The molecule has 0 radical (unpaired) electrons. The van der Waals surface area contributed by atoms with E-state index in [2.05, 4.69) is 27.4 Å². The van der Waals surface area contributed by atoms with E-state index in [0.29, 0.717) is 65.8 Å². The van der Waals surface area contributed by atoms with Crippen molar-refractivity contribution < 1.29 is 29.3 Å². The molecule has 1 aromatic heterocycles. The van der Waals surface area contributed by atoms with Crippen LogP contribution in [0.3, 0.4) is 0 Å². The van der Waals surface area contributed by atoms with E-state index in [9.17, 15) is 29.4 Å². The maximum absolute atomic E-state index is 13.3. The van der Waals surface area contributed by atoms with Crippen molar-refractivity contribution in [2.75, 3.05) is 42.2 Å². The minimum Gasteiger partial charge on any atom is -0.506 e. The van der Waals surface area contributed by atoms with E-state index in [1.165, 1.54) is 12.1 Å². The fraction of sp³-hybridized carbons (Fsp3) is 0.294. The van der Waals surface area contributed by atoms with Gasteiger partial charge in [0, 0.05) is 61.5 Å². The lowest BCUT2D eigenvalue weighted by Crippen LogP contribution is -2.40. The highest BCUT2D eigenvalue weighted by Crippen LogP contribution is 2.32. The van der Waals surface area contributed by atoms with E-state index in [4.69, 9.17) is 4.74 Å². The predicted molar refractivity (Wildman–Crippen MR) is 248 cm³/mol. The van der Waals surface area contributed by atoms with Gasteiger partial charge < -0.3 is 35.1 Å². The minimum absolute atomic E-state index is 0.0330. The van der Waals surface area contributed by atoms with E-state index in [1.807, 2.05) is 91.0 Å². The fourth-order valence-corrected chi connectivity index (χ4v) is 8.20. The number of aromatic hydroxyl groups is 1. The Morgan fingerprint density at radius 3 is 2.35 bits per heavy atom. The number of carbonyl (C=O) groups excluding carboxylic acids is 3. The Labute approximate surface area is 367 Å². The lowest BCUT2D eigenvalue weighted by Gasteiger charge is -2.31. The first-order valence-electron chi connectivity index (χ1n) is 21.6. The molecule has 7 rings (SSSR count). The number of benzene rings is 5. The Morgan fingerprint density at radius 2 is 1.57 bits per heavy atom. The highest BCUT2D eigenvalue weighted by atomic mass is 16.6. The van der Waals surface area contributed by atoms with Crippen LogP contribution in [-0.2, 0) is 27.2 Å². The number of ether oxygens (including phenoxy) is 1. The molecule has 1 aliphatic heterocycles. The van der Waals surface area contributed by atoms with Crippen LogP contribution >= 0.6 is 0 Å². The summed E-state index contributed by atoms with van der Waals surface area (Å²) in [7, 11) is 1.74. The van der Waals surface area contributed by atoms with Gasteiger partial charge in [-0.05, 0) is 96.7 Å². The normalized spacial score (nSPS) is 14.1. The number of nitrogens with one attached hydrogen (secondary N) is 3. The maximum Gasteiger partial charge on any atom is 0.411 e. The van der Waals surface area contributed by atoms with Crippen molar-refractivity contribution in [1.29, 1.82) is 0 Å². The molecular formula is C51H55N5O7. The van der Waals surface area contributed by atoms with Crippen molar-refractivity contribution in [3.63, 3.8) is 0 Å². The number of hydrogen-bond donors (Lipinski definition) is 5.